The van der Waals surface area contributed by atoms with E-state index < -0.39 is 0 Å². The first-order chi connectivity index (χ1) is 8.70. The zero-order chi connectivity index (χ0) is 13.0. The number of H-pyrrole nitrogens is 1. The molecule has 6 heteroatoms. The molecule has 6 nitrogen and oxygen atoms in total. The van der Waals surface area contributed by atoms with E-state index in [1.165, 1.54) is 0 Å². The van der Waals surface area contributed by atoms with Crippen molar-refractivity contribution in [2.24, 2.45) is 11.7 Å². The lowest BCUT2D eigenvalue weighted by Gasteiger charge is -2.32. The third-order valence-electron chi connectivity index (χ3n) is 3.63. The van der Waals surface area contributed by atoms with Crippen molar-refractivity contribution < 1.29 is 4.74 Å². The van der Waals surface area contributed by atoms with Crippen LogP contribution in [0.2, 0.25) is 0 Å². The van der Waals surface area contributed by atoms with E-state index >= 15 is 0 Å². The second-order valence-electron chi connectivity index (χ2n) is 5.01. The number of nitrogens with one attached hydrogen (secondary N) is 1. The van der Waals surface area contributed by atoms with Gasteiger partial charge in [-0.3, -0.25) is 5.10 Å². The van der Waals surface area contributed by atoms with Gasteiger partial charge >= 0.3 is 0 Å². The molecule has 0 bridgehead atoms. The van der Waals surface area contributed by atoms with Crippen LogP contribution in [0, 0.1) is 5.92 Å². The maximum atomic E-state index is 5.94. The van der Waals surface area contributed by atoms with Crippen LogP contribution >= 0.6 is 0 Å². The first-order valence-corrected chi connectivity index (χ1v) is 6.61. The van der Waals surface area contributed by atoms with E-state index in [2.05, 4.69) is 27.0 Å². The van der Waals surface area contributed by atoms with Crippen LogP contribution in [0.1, 0.15) is 25.6 Å². The number of nitrogens with two attached hydrogens (primary N) is 1. The van der Waals surface area contributed by atoms with Crippen molar-refractivity contribution in [2.75, 3.05) is 31.7 Å². The van der Waals surface area contributed by atoms with Crippen LogP contribution in [0.4, 0.5) is 5.95 Å². The Morgan fingerprint density at radius 2 is 2.22 bits per heavy atom. The summed E-state index contributed by atoms with van der Waals surface area (Å²) in [6, 6.07) is 0.288. The third-order valence-corrected chi connectivity index (χ3v) is 3.63. The Morgan fingerprint density at radius 1 is 1.50 bits per heavy atom. The number of piperidine rings is 1. The molecule has 1 aliphatic heterocycles. The summed E-state index contributed by atoms with van der Waals surface area (Å²) in [5.74, 6) is 2.33. The van der Waals surface area contributed by atoms with Gasteiger partial charge in [0.1, 0.15) is 5.82 Å². The Bertz CT molecular complexity index is 357. The van der Waals surface area contributed by atoms with Crippen molar-refractivity contribution >= 4 is 5.95 Å². The summed E-state index contributed by atoms with van der Waals surface area (Å²) in [4.78, 5) is 6.72. The molecule has 3 N–H and O–H groups in total. The van der Waals surface area contributed by atoms with Gasteiger partial charge in [-0.1, -0.05) is 0 Å². The van der Waals surface area contributed by atoms with Gasteiger partial charge in [0.2, 0.25) is 5.95 Å². The predicted molar refractivity (Wildman–Crippen MR) is 70.5 cm³/mol. The van der Waals surface area contributed by atoms with Crippen LogP contribution in [0.25, 0.3) is 0 Å². The van der Waals surface area contributed by atoms with E-state index in [9.17, 15) is 0 Å². The van der Waals surface area contributed by atoms with Gasteiger partial charge in [-0.25, -0.2) is 0 Å². The standard InChI is InChI=1S/C12H23N5O/c1-9(13)10-3-6-17(7-4-10)12-14-11(15-16-12)5-8-18-2/h9-10H,3-8,13H2,1-2H3,(H,14,15,16). The Kier molecular flexibility index (Phi) is 4.54. The van der Waals surface area contributed by atoms with E-state index in [4.69, 9.17) is 10.5 Å². The summed E-state index contributed by atoms with van der Waals surface area (Å²) in [6.45, 7) is 4.75. The zero-order valence-electron chi connectivity index (χ0n) is 11.2. The van der Waals surface area contributed by atoms with Crippen molar-refractivity contribution in [1.82, 2.24) is 15.2 Å². The Labute approximate surface area is 108 Å². The van der Waals surface area contributed by atoms with Crippen LogP contribution in [0.5, 0.6) is 0 Å². The molecule has 18 heavy (non-hydrogen) atoms. The number of methoxy groups -OCH3 is 1. The first kappa shape index (κ1) is 13.3. The van der Waals surface area contributed by atoms with E-state index in [1.807, 2.05) is 0 Å². The molecule has 0 spiro atoms. The fraction of sp³-hybridized carbons (Fsp3) is 0.833. The highest BCUT2D eigenvalue weighted by atomic mass is 16.5. The predicted octanol–water partition coefficient (Wildman–Crippen LogP) is 0.557. The van der Waals surface area contributed by atoms with Gasteiger partial charge in [-0.2, -0.15) is 4.98 Å². The molecule has 1 saturated heterocycles. The number of hydrogen-bond donors (Lipinski definition) is 2. The zero-order valence-corrected chi connectivity index (χ0v) is 11.2. The van der Waals surface area contributed by atoms with Crippen molar-refractivity contribution in [2.45, 2.75) is 32.2 Å². The summed E-state index contributed by atoms with van der Waals surface area (Å²) in [7, 11) is 1.69. The lowest BCUT2D eigenvalue weighted by molar-refractivity contribution is 0.200. The van der Waals surface area contributed by atoms with Gasteiger partial charge in [-0.05, 0) is 25.7 Å². The number of aromatic nitrogens is 3. The van der Waals surface area contributed by atoms with Gasteiger partial charge in [0.25, 0.3) is 0 Å². The average Bonchev–Trinajstić information content (AvgIpc) is 2.85. The highest BCUT2D eigenvalue weighted by molar-refractivity contribution is 5.29. The van der Waals surface area contributed by atoms with E-state index in [0.29, 0.717) is 12.5 Å². The van der Waals surface area contributed by atoms with Gasteiger partial charge in [0.05, 0.1) is 6.61 Å². The van der Waals surface area contributed by atoms with Gasteiger partial charge in [0.15, 0.2) is 0 Å². The van der Waals surface area contributed by atoms with Crippen LogP contribution in [0.3, 0.4) is 0 Å². The lowest BCUT2D eigenvalue weighted by atomic mass is 9.91. The molecule has 1 aromatic rings. The minimum atomic E-state index is 0.288. The van der Waals surface area contributed by atoms with Crippen molar-refractivity contribution in [3.8, 4) is 0 Å². The smallest absolute Gasteiger partial charge is 0.244 e. The highest BCUT2D eigenvalue weighted by Gasteiger charge is 2.23. The molecule has 0 radical (unpaired) electrons. The summed E-state index contributed by atoms with van der Waals surface area (Å²) in [5, 5.41) is 7.23. The van der Waals surface area contributed by atoms with Crippen molar-refractivity contribution in [1.29, 1.82) is 0 Å². The Hall–Kier alpha value is -1.14. The lowest BCUT2D eigenvalue weighted by Crippen LogP contribution is -2.40. The summed E-state index contributed by atoms with van der Waals surface area (Å²) in [5.41, 5.74) is 5.94. The van der Waals surface area contributed by atoms with Crippen LogP contribution in [-0.2, 0) is 11.2 Å². The van der Waals surface area contributed by atoms with E-state index in [1.54, 1.807) is 7.11 Å². The maximum Gasteiger partial charge on any atom is 0.244 e. The topological polar surface area (TPSA) is 80.1 Å². The molecule has 0 aromatic carbocycles. The first-order valence-electron chi connectivity index (χ1n) is 6.61. The average molecular weight is 253 g/mol. The van der Waals surface area contributed by atoms with Crippen molar-refractivity contribution in [3.05, 3.63) is 5.82 Å². The van der Waals surface area contributed by atoms with Crippen molar-refractivity contribution in [3.63, 3.8) is 0 Å². The van der Waals surface area contributed by atoms with Crippen LogP contribution in [-0.4, -0.2) is 48.0 Å². The summed E-state index contributed by atoms with van der Waals surface area (Å²) in [6.07, 6.45) is 3.03. The molecule has 0 aliphatic carbocycles. The fourth-order valence-electron chi connectivity index (χ4n) is 2.36. The molecular formula is C12H23N5O. The molecule has 1 aliphatic rings. The number of rotatable bonds is 5. The molecule has 102 valence electrons. The quantitative estimate of drug-likeness (QED) is 0.801. The Balaban J connectivity index is 1.87. The molecular weight excluding hydrogens is 230 g/mol. The monoisotopic (exact) mass is 253 g/mol. The molecule has 1 aromatic heterocycles. The largest absolute Gasteiger partial charge is 0.384 e. The highest BCUT2D eigenvalue weighted by Crippen LogP contribution is 2.22. The second kappa shape index (κ2) is 6.15. The van der Waals surface area contributed by atoms with Crippen LogP contribution in [0.15, 0.2) is 0 Å². The molecule has 1 unspecified atom stereocenters. The van der Waals surface area contributed by atoms with Gasteiger partial charge < -0.3 is 15.4 Å². The Morgan fingerprint density at radius 3 is 2.83 bits per heavy atom. The molecule has 2 heterocycles. The second-order valence-corrected chi connectivity index (χ2v) is 5.01. The number of aromatic amines is 1. The molecule has 1 atom stereocenters. The normalized spacial score (nSPS) is 19.2. The molecule has 2 rings (SSSR count). The molecule has 0 saturated carbocycles. The minimum absolute atomic E-state index is 0.288. The molecule has 1 fully saturated rings. The van der Waals surface area contributed by atoms with Crippen LogP contribution < -0.4 is 10.6 Å². The van der Waals surface area contributed by atoms with Gasteiger partial charge in [-0.15, -0.1) is 5.10 Å². The SMILES string of the molecule is COCCc1nc(N2CCC(C(C)N)CC2)n[nH]1. The third kappa shape index (κ3) is 3.20. The summed E-state index contributed by atoms with van der Waals surface area (Å²) < 4.78 is 5.03. The number of ether oxygens (including phenoxy) is 1. The molecule has 0 amide bonds. The minimum Gasteiger partial charge on any atom is -0.384 e. The summed E-state index contributed by atoms with van der Waals surface area (Å²) >= 11 is 0. The van der Waals surface area contributed by atoms with E-state index in [-0.39, 0.29) is 6.04 Å². The maximum absolute atomic E-state index is 5.94. The number of hydrogen-bond acceptors (Lipinski definition) is 5. The van der Waals surface area contributed by atoms with Gasteiger partial charge in [0, 0.05) is 32.7 Å². The number of anilines is 1. The number of nitrogens with zero attached hydrogens (tertiary/aromatic N) is 3. The van der Waals surface area contributed by atoms with E-state index in [0.717, 1.165) is 44.1 Å². The fourth-order valence-corrected chi connectivity index (χ4v) is 2.36.